The Morgan fingerprint density at radius 3 is 2.69 bits per heavy atom. The largest absolute Gasteiger partial charge is 0.350 e. The smallest absolute Gasteiger partial charge is 0.240 e. The highest BCUT2D eigenvalue weighted by atomic mass is 32.2. The molecule has 1 aliphatic rings. The quantitative estimate of drug-likeness (QED) is 0.245. The van der Waals surface area contributed by atoms with Gasteiger partial charge in [-0.2, -0.15) is 5.10 Å². The predicted molar refractivity (Wildman–Crippen MR) is 161 cm³/mol. The van der Waals surface area contributed by atoms with Crippen molar-refractivity contribution in [1.29, 1.82) is 0 Å². The van der Waals surface area contributed by atoms with Crippen LogP contribution < -0.4 is 10.2 Å². The summed E-state index contributed by atoms with van der Waals surface area (Å²) >= 11 is 2.70. The Balaban J connectivity index is 1.53. The molecular weight excluding hydrogens is 577 g/mol. The fraction of sp³-hybridized carbons (Fsp3) is 0.161. The van der Waals surface area contributed by atoms with Crippen molar-refractivity contribution in [3.05, 3.63) is 118 Å². The molecule has 7 nitrogen and oxygen atoms in total. The SMILES string of the molecule is Cc1ccccc1-n1nc(-c2cccs2)c2c1N(CC(=O)NCc1cccnc1)C(=O)CS[C@H]2c1ccc(F)cc1F. The molecule has 0 radical (unpaired) electrons. The van der Waals surface area contributed by atoms with E-state index in [1.54, 1.807) is 23.1 Å². The topological polar surface area (TPSA) is 80.1 Å². The lowest BCUT2D eigenvalue weighted by Crippen LogP contribution is -2.42. The van der Waals surface area contributed by atoms with Crippen molar-refractivity contribution in [3.8, 4) is 16.3 Å². The Bertz CT molecular complexity index is 1760. The molecule has 3 aromatic heterocycles. The number of aryl methyl sites for hydroxylation is 1. The summed E-state index contributed by atoms with van der Waals surface area (Å²) in [5.74, 6) is -1.74. The number of nitrogens with one attached hydrogen (secondary N) is 1. The molecule has 4 heterocycles. The van der Waals surface area contributed by atoms with Gasteiger partial charge >= 0.3 is 0 Å². The van der Waals surface area contributed by atoms with Crippen LogP contribution in [0.1, 0.15) is 27.5 Å². The standard InChI is InChI=1S/C31H25F2N5O2S2/c1-19-6-2-3-8-24(19)38-31-28(29(36-38)25-9-5-13-41-25)30(22-11-10-21(32)14-23(22)33)42-18-27(40)37(31)17-26(39)35-16-20-7-4-12-34-15-20/h2-15,30H,16-18H2,1H3,(H,35,39)/t30-/m0/s1. The van der Waals surface area contributed by atoms with Crippen LogP contribution >= 0.6 is 23.1 Å². The number of para-hydroxylation sites is 1. The van der Waals surface area contributed by atoms with E-state index in [0.29, 0.717) is 17.1 Å². The highest BCUT2D eigenvalue weighted by molar-refractivity contribution is 8.00. The highest BCUT2D eigenvalue weighted by Gasteiger charge is 2.39. The first-order chi connectivity index (χ1) is 20.4. The second kappa shape index (κ2) is 11.9. The summed E-state index contributed by atoms with van der Waals surface area (Å²) in [6.07, 6.45) is 3.31. The van der Waals surface area contributed by atoms with E-state index in [-0.39, 0.29) is 36.2 Å². The zero-order valence-electron chi connectivity index (χ0n) is 22.5. The van der Waals surface area contributed by atoms with Crippen molar-refractivity contribution in [2.75, 3.05) is 17.2 Å². The van der Waals surface area contributed by atoms with Gasteiger partial charge in [-0.15, -0.1) is 23.1 Å². The first-order valence-corrected chi connectivity index (χ1v) is 15.1. The maximum Gasteiger partial charge on any atom is 0.240 e. The van der Waals surface area contributed by atoms with Gasteiger partial charge in [-0.25, -0.2) is 13.5 Å². The fourth-order valence-corrected chi connectivity index (χ4v) is 6.89. The van der Waals surface area contributed by atoms with Crippen LogP contribution in [0.2, 0.25) is 0 Å². The summed E-state index contributed by atoms with van der Waals surface area (Å²) in [5.41, 5.74) is 3.83. The summed E-state index contributed by atoms with van der Waals surface area (Å²) in [4.78, 5) is 33.4. The van der Waals surface area contributed by atoms with Gasteiger partial charge in [-0.05, 0) is 47.7 Å². The number of carbonyl (C=O) groups excluding carboxylic acids is 2. The van der Waals surface area contributed by atoms with Crippen LogP contribution in [-0.2, 0) is 16.1 Å². The Hall–Kier alpha value is -4.35. The van der Waals surface area contributed by atoms with Crippen molar-refractivity contribution in [2.24, 2.45) is 0 Å². The minimum atomic E-state index is -0.714. The molecule has 1 N–H and O–H groups in total. The van der Waals surface area contributed by atoms with Crippen LogP contribution in [0.5, 0.6) is 0 Å². The molecule has 0 fully saturated rings. The molecule has 0 bridgehead atoms. The minimum absolute atomic E-state index is 0.0241. The first kappa shape index (κ1) is 27.8. The number of carbonyl (C=O) groups is 2. The summed E-state index contributed by atoms with van der Waals surface area (Å²) < 4.78 is 31.0. The molecule has 42 heavy (non-hydrogen) atoms. The number of thiophene rings is 1. The van der Waals surface area contributed by atoms with Crippen molar-refractivity contribution < 1.29 is 18.4 Å². The molecule has 5 aromatic rings. The molecule has 0 spiro atoms. The minimum Gasteiger partial charge on any atom is -0.350 e. The maximum atomic E-state index is 15.3. The van der Waals surface area contributed by atoms with Crippen molar-refractivity contribution in [3.63, 3.8) is 0 Å². The molecule has 2 amide bonds. The number of amides is 2. The number of hydrogen-bond donors (Lipinski definition) is 1. The van der Waals surface area contributed by atoms with E-state index >= 15 is 4.39 Å². The van der Waals surface area contributed by atoms with E-state index in [1.165, 1.54) is 40.1 Å². The molecule has 0 unspecified atom stereocenters. The summed E-state index contributed by atoms with van der Waals surface area (Å²) in [5, 5.41) is 9.10. The third kappa shape index (κ3) is 5.45. The third-order valence-corrected chi connectivity index (χ3v) is 9.06. The molecule has 11 heteroatoms. The summed E-state index contributed by atoms with van der Waals surface area (Å²) in [6, 6.07) is 18.5. The first-order valence-electron chi connectivity index (χ1n) is 13.2. The predicted octanol–water partition coefficient (Wildman–Crippen LogP) is 6.07. The van der Waals surface area contributed by atoms with E-state index in [2.05, 4.69) is 10.3 Å². The molecule has 212 valence electrons. The van der Waals surface area contributed by atoms with E-state index in [0.717, 1.165) is 27.8 Å². The summed E-state index contributed by atoms with van der Waals surface area (Å²) in [6.45, 7) is 1.91. The number of halogens is 2. The molecule has 0 saturated heterocycles. The number of hydrogen-bond acceptors (Lipinski definition) is 6. The zero-order chi connectivity index (χ0) is 29.2. The maximum absolute atomic E-state index is 15.3. The normalized spacial score (nSPS) is 14.9. The number of aromatic nitrogens is 3. The van der Waals surface area contributed by atoms with Crippen LogP contribution in [-0.4, -0.2) is 38.9 Å². The number of thioether (sulfide) groups is 1. The van der Waals surface area contributed by atoms with Crippen LogP contribution in [0.4, 0.5) is 14.6 Å². The van der Waals surface area contributed by atoms with Crippen molar-refractivity contribution >= 4 is 40.7 Å². The number of nitrogens with zero attached hydrogens (tertiary/aromatic N) is 4. The number of benzene rings is 2. The number of rotatable bonds is 7. The van der Waals surface area contributed by atoms with E-state index < -0.39 is 16.9 Å². The number of pyridine rings is 1. The molecule has 0 aliphatic carbocycles. The van der Waals surface area contributed by atoms with Crippen LogP contribution in [0.25, 0.3) is 16.3 Å². The van der Waals surface area contributed by atoms with Gasteiger partial charge in [0.1, 0.15) is 29.7 Å². The lowest BCUT2D eigenvalue weighted by atomic mass is 10.0. The van der Waals surface area contributed by atoms with E-state index in [9.17, 15) is 14.0 Å². The van der Waals surface area contributed by atoms with Crippen LogP contribution in [0.3, 0.4) is 0 Å². The lowest BCUT2D eigenvalue weighted by molar-refractivity contribution is -0.123. The molecule has 2 aromatic carbocycles. The molecule has 0 saturated carbocycles. The Morgan fingerprint density at radius 2 is 1.95 bits per heavy atom. The number of anilines is 1. The van der Waals surface area contributed by atoms with Gasteiger partial charge in [0.15, 0.2) is 0 Å². The van der Waals surface area contributed by atoms with Gasteiger partial charge in [0.2, 0.25) is 11.8 Å². The highest BCUT2D eigenvalue weighted by Crippen LogP contribution is 2.49. The van der Waals surface area contributed by atoms with Gasteiger partial charge in [-0.3, -0.25) is 19.5 Å². The van der Waals surface area contributed by atoms with Crippen molar-refractivity contribution in [1.82, 2.24) is 20.1 Å². The second-order valence-electron chi connectivity index (χ2n) is 9.74. The van der Waals surface area contributed by atoms with Gasteiger partial charge in [0.25, 0.3) is 0 Å². The molecule has 6 rings (SSSR count). The molecular formula is C31H25F2N5O2S2. The Kier molecular flexibility index (Phi) is 7.86. The van der Waals surface area contributed by atoms with Crippen LogP contribution in [0, 0.1) is 18.6 Å². The zero-order valence-corrected chi connectivity index (χ0v) is 24.1. The van der Waals surface area contributed by atoms with Gasteiger partial charge in [0.05, 0.1) is 21.6 Å². The van der Waals surface area contributed by atoms with Gasteiger partial charge in [0, 0.05) is 36.1 Å². The molecule has 1 atom stereocenters. The van der Waals surface area contributed by atoms with Crippen LogP contribution in [0.15, 0.2) is 84.5 Å². The Labute approximate surface area is 249 Å². The fourth-order valence-electron chi connectivity index (χ4n) is 4.95. The average Bonchev–Trinajstić information content (AvgIpc) is 3.63. The monoisotopic (exact) mass is 601 g/mol. The van der Waals surface area contributed by atoms with E-state index in [1.807, 2.05) is 54.8 Å². The average molecular weight is 602 g/mol. The van der Waals surface area contributed by atoms with Gasteiger partial charge < -0.3 is 5.32 Å². The Morgan fingerprint density at radius 1 is 1.10 bits per heavy atom. The lowest BCUT2D eigenvalue weighted by Gasteiger charge is -2.23. The molecule has 1 aliphatic heterocycles. The second-order valence-corrected chi connectivity index (χ2v) is 11.8. The summed E-state index contributed by atoms with van der Waals surface area (Å²) in [7, 11) is 0. The van der Waals surface area contributed by atoms with Crippen molar-refractivity contribution in [2.45, 2.75) is 18.7 Å². The van der Waals surface area contributed by atoms with E-state index in [4.69, 9.17) is 5.10 Å². The van der Waals surface area contributed by atoms with Gasteiger partial charge in [-0.1, -0.05) is 36.4 Å². The number of fused-ring (bicyclic) bond motifs is 1. The third-order valence-electron chi connectivity index (χ3n) is 6.95.